The molecule has 1 unspecified atom stereocenters. The quantitative estimate of drug-likeness (QED) is 0.349. The minimum atomic E-state index is -0.931. The molecule has 0 aliphatic carbocycles. The number of aliphatic hydroxyl groups is 1. The van der Waals surface area contributed by atoms with Crippen LogP contribution < -0.4 is 14.4 Å². The normalized spacial score (nSPS) is 18.9. The molecule has 0 bridgehead atoms. The van der Waals surface area contributed by atoms with E-state index in [9.17, 15) is 19.8 Å². The number of carbonyl (C=O) groups excluding carboxylic acids is 2. The number of amides is 1. The number of phenols is 1. The fourth-order valence-corrected chi connectivity index (χ4v) is 4.08. The minimum absolute atomic E-state index is 0.0317. The molecular formula is C24H16ClNO6. The van der Waals surface area contributed by atoms with Crippen LogP contribution in [-0.2, 0) is 9.59 Å². The highest BCUT2D eigenvalue weighted by Gasteiger charge is 2.47. The first-order valence-electron chi connectivity index (χ1n) is 9.69. The Morgan fingerprint density at radius 1 is 0.969 bits per heavy atom. The molecule has 1 amide bonds. The molecule has 7 nitrogen and oxygen atoms in total. The van der Waals surface area contributed by atoms with Crippen molar-refractivity contribution in [1.29, 1.82) is 0 Å². The van der Waals surface area contributed by atoms with Gasteiger partial charge >= 0.3 is 0 Å². The first-order valence-corrected chi connectivity index (χ1v) is 10.1. The number of anilines is 1. The first-order chi connectivity index (χ1) is 15.4. The molecule has 0 aromatic heterocycles. The van der Waals surface area contributed by atoms with Crippen molar-refractivity contribution in [2.75, 3.05) is 11.7 Å². The van der Waals surface area contributed by atoms with E-state index in [0.717, 1.165) is 0 Å². The zero-order chi connectivity index (χ0) is 22.4. The maximum absolute atomic E-state index is 13.1. The third-order valence-electron chi connectivity index (χ3n) is 5.39. The largest absolute Gasteiger partial charge is 0.508 e. The maximum atomic E-state index is 13.1. The van der Waals surface area contributed by atoms with E-state index in [1.807, 2.05) is 0 Å². The van der Waals surface area contributed by atoms with Crippen molar-refractivity contribution in [3.63, 3.8) is 0 Å². The number of aliphatic hydroxyl groups excluding tert-OH is 1. The molecule has 0 radical (unpaired) electrons. The third kappa shape index (κ3) is 3.23. The van der Waals surface area contributed by atoms with Gasteiger partial charge in [0.15, 0.2) is 11.5 Å². The molecule has 160 valence electrons. The van der Waals surface area contributed by atoms with Crippen LogP contribution in [0, 0.1) is 0 Å². The summed E-state index contributed by atoms with van der Waals surface area (Å²) >= 11 is 6.13. The Balaban J connectivity index is 1.71. The molecule has 0 spiro atoms. The Morgan fingerprint density at radius 2 is 1.72 bits per heavy atom. The predicted octanol–water partition coefficient (Wildman–Crippen LogP) is 4.40. The van der Waals surface area contributed by atoms with Crippen LogP contribution in [0.5, 0.6) is 17.2 Å². The molecule has 2 aliphatic heterocycles. The zero-order valence-corrected chi connectivity index (χ0v) is 17.2. The van der Waals surface area contributed by atoms with E-state index in [0.29, 0.717) is 33.3 Å². The lowest BCUT2D eigenvalue weighted by molar-refractivity contribution is -0.132. The van der Waals surface area contributed by atoms with Crippen LogP contribution in [0.3, 0.4) is 0 Å². The van der Waals surface area contributed by atoms with Gasteiger partial charge in [-0.25, -0.2) is 0 Å². The number of ether oxygens (including phenoxy) is 2. The summed E-state index contributed by atoms with van der Waals surface area (Å²) in [7, 11) is 0. The number of hydrogen-bond donors (Lipinski definition) is 2. The Kier molecular flexibility index (Phi) is 4.75. The number of phenolic OH excluding ortho intramolecular Hbond substituents is 1. The topological polar surface area (TPSA) is 96.3 Å². The summed E-state index contributed by atoms with van der Waals surface area (Å²) in [6, 6.07) is 16.5. The van der Waals surface area contributed by atoms with Gasteiger partial charge in [0.25, 0.3) is 11.7 Å². The van der Waals surface area contributed by atoms with Crippen molar-refractivity contribution in [3.05, 3.63) is 88.5 Å². The Bertz CT molecular complexity index is 1280. The van der Waals surface area contributed by atoms with Crippen molar-refractivity contribution in [3.8, 4) is 17.2 Å². The summed E-state index contributed by atoms with van der Waals surface area (Å²) < 4.78 is 10.7. The summed E-state index contributed by atoms with van der Waals surface area (Å²) in [4.78, 5) is 27.5. The van der Waals surface area contributed by atoms with Gasteiger partial charge in [-0.2, -0.15) is 0 Å². The highest BCUT2D eigenvalue weighted by molar-refractivity contribution is 6.51. The second kappa shape index (κ2) is 7.62. The van der Waals surface area contributed by atoms with Crippen molar-refractivity contribution < 1.29 is 29.3 Å². The van der Waals surface area contributed by atoms with Crippen LogP contribution in [0.1, 0.15) is 17.2 Å². The van der Waals surface area contributed by atoms with Gasteiger partial charge in [0.05, 0.1) is 11.6 Å². The van der Waals surface area contributed by atoms with Gasteiger partial charge in [0.2, 0.25) is 6.79 Å². The van der Waals surface area contributed by atoms with E-state index in [4.69, 9.17) is 21.1 Å². The van der Waals surface area contributed by atoms with E-state index in [-0.39, 0.29) is 23.9 Å². The highest BCUT2D eigenvalue weighted by Crippen LogP contribution is 2.44. The van der Waals surface area contributed by atoms with Gasteiger partial charge in [-0.1, -0.05) is 29.8 Å². The van der Waals surface area contributed by atoms with E-state index in [2.05, 4.69) is 0 Å². The van der Waals surface area contributed by atoms with Gasteiger partial charge in [-0.3, -0.25) is 14.5 Å². The molecule has 3 aromatic rings. The standard InChI is InChI=1S/C24H16ClNO6/c25-15-2-1-3-16(11-15)26-21(13-4-7-17(27)8-5-13)20(23(29)24(26)30)22(28)14-6-9-18-19(10-14)32-12-31-18/h1-11,21,27-28H,12H2/b22-20-. The summed E-state index contributed by atoms with van der Waals surface area (Å²) in [6.07, 6.45) is 0. The average Bonchev–Trinajstić information content (AvgIpc) is 3.36. The molecule has 2 aliphatic rings. The van der Waals surface area contributed by atoms with E-state index in [1.165, 1.54) is 17.0 Å². The second-order valence-electron chi connectivity index (χ2n) is 7.31. The van der Waals surface area contributed by atoms with Crippen molar-refractivity contribution in [2.45, 2.75) is 6.04 Å². The number of carbonyl (C=O) groups is 2. The lowest BCUT2D eigenvalue weighted by atomic mass is 9.95. The number of rotatable bonds is 3. The Hall–Kier alpha value is -3.97. The molecule has 1 atom stereocenters. The fourth-order valence-electron chi connectivity index (χ4n) is 3.90. The van der Waals surface area contributed by atoms with Crippen LogP contribution in [-0.4, -0.2) is 28.7 Å². The number of ketones is 1. The van der Waals surface area contributed by atoms with Crippen LogP contribution >= 0.6 is 11.6 Å². The molecule has 32 heavy (non-hydrogen) atoms. The molecule has 3 aromatic carbocycles. The lowest BCUT2D eigenvalue weighted by Crippen LogP contribution is -2.29. The summed E-state index contributed by atoms with van der Waals surface area (Å²) in [5.74, 6) is -0.991. The van der Waals surface area contributed by atoms with Gasteiger partial charge in [0.1, 0.15) is 11.5 Å². The van der Waals surface area contributed by atoms with E-state index >= 15 is 0 Å². The van der Waals surface area contributed by atoms with Gasteiger partial charge < -0.3 is 19.7 Å². The van der Waals surface area contributed by atoms with Crippen molar-refractivity contribution >= 4 is 34.7 Å². The van der Waals surface area contributed by atoms with Gasteiger partial charge in [-0.15, -0.1) is 0 Å². The summed E-state index contributed by atoms with van der Waals surface area (Å²) in [5, 5.41) is 21.3. The fraction of sp³-hybridized carbons (Fsp3) is 0.0833. The zero-order valence-electron chi connectivity index (χ0n) is 16.5. The third-order valence-corrected chi connectivity index (χ3v) is 5.62. The Labute approximate surface area is 187 Å². The molecule has 2 N–H and O–H groups in total. The highest BCUT2D eigenvalue weighted by atomic mass is 35.5. The molecule has 5 rings (SSSR count). The number of halogens is 1. The van der Waals surface area contributed by atoms with Crippen LogP contribution in [0.25, 0.3) is 5.76 Å². The number of aromatic hydroxyl groups is 1. The van der Waals surface area contributed by atoms with E-state index in [1.54, 1.807) is 54.6 Å². The van der Waals surface area contributed by atoms with Crippen LogP contribution in [0.2, 0.25) is 5.02 Å². The number of benzene rings is 3. The van der Waals surface area contributed by atoms with Crippen LogP contribution in [0.15, 0.2) is 72.3 Å². The van der Waals surface area contributed by atoms with Gasteiger partial charge in [0, 0.05) is 16.3 Å². The Morgan fingerprint density at radius 3 is 2.47 bits per heavy atom. The monoisotopic (exact) mass is 449 g/mol. The summed E-state index contributed by atoms with van der Waals surface area (Å²) in [5.41, 5.74) is 1.16. The maximum Gasteiger partial charge on any atom is 0.300 e. The second-order valence-corrected chi connectivity index (χ2v) is 7.74. The smallest absolute Gasteiger partial charge is 0.300 e. The average molecular weight is 450 g/mol. The molecule has 1 fully saturated rings. The number of nitrogens with zero attached hydrogens (tertiary/aromatic N) is 1. The minimum Gasteiger partial charge on any atom is -0.508 e. The van der Waals surface area contributed by atoms with Crippen LogP contribution in [0.4, 0.5) is 5.69 Å². The van der Waals surface area contributed by atoms with Crippen molar-refractivity contribution in [2.24, 2.45) is 0 Å². The molecular weight excluding hydrogens is 434 g/mol. The predicted molar refractivity (Wildman–Crippen MR) is 117 cm³/mol. The molecule has 2 heterocycles. The first kappa shape index (κ1) is 20.0. The molecule has 0 saturated carbocycles. The van der Waals surface area contributed by atoms with Gasteiger partial charge in [-0.05, 0) is 54.1 Å². The lowest BCUT2D eigenvalue weighted by Gasteiger charge is -2.25. The summed E-state index contributed by atoms with van der Waals surface area (Å²) in [6.45, 7) is 0.0617. The van der Waals surface area contributed by atoms with Crippen molar-refractivity contribution in [1.82, 2.24) is 0 Å². The SMILES string of the molecule is O=C1C(=O)N(c2cccc(Cl)c2)C(c2ccc(O)cc2)/C1=C(/O)c1ccc2c(c1)OCO2. The molecule has 8 heteroatoms. The number of hydrogen-bond acceptors (Lipinski definition) is 6. The number of Topliss-reactive ketones (excluding diaryl/α,β-unsaturated/α-hetero) is 1. The number of fused-ring (bicyclic) bond motifs is 1. The molecule has 1 saturated heterocycles. The van der Waals surface area contributed by atoms with E-state index < -0.39 is 17.7 Å².